The minimum absolute atomic E-state index is 0.0522. The number of hydrazine groups is 1. The summed E-state index contributed by atoms with van der Waals surface area (Å²) < 4.78 is 13.1. The zero-order valence-electron chi connectivity index (χ0n) is 8.00. The van der Waals surface area contributed by atoms with Crippen LogP contribution in [0.25, 0.3) is 0 Å². The lowest BCUT2D eigenvalue weighted by molar-refractivity contribution is -0.136. The highest BCUT2D eigenvalue weighted by Gasteiger charge is 2.13. The van der Waals surface area contributed by atoms with Crippen LogP contribution in [-0.2, 0) is 9.59 Å². The second kappa shape index (κ2) is 4.52. The van der Waals surface area contributed by atoms with E-state index in [-0.39, 0.29) is 5.69 Å². The number of hydrogen-bond acceptors (Lipinski definition) is 3. The van der Waals surface area contributed by atoms with Crippen LogP contribution < -0.4 is 16.6 Å². The molecule has 4 N–H and O–H groups in total. The summed E-state index contributed by atoms with van der Waals surface area (Å²) in [5.41, 5.74) is 2.36. The van der Waals surface area contributed by atoms with E-state index in [2.05, 4.69) is 5.32 Å². The van der Waals surface area contributed by atoms with Crippen molar-refractivity contribution in [1.29, 1.82) is 0 Å². The number of amides is 2. The SMILES string of the molecule is Cc1ccc(F)c(NC(=O)C(=O)NN)c1. The van der Waals surface area contributed by atoms with Crippen molar-refractivity contribution in [1.82, 2.24) is 5.43 Å². The summed E-state index contributed by atoms with van der Waals surface area (Å²) in [4.78, 5) is 21.8. The van der Waals surface area contributed by atoms with E-state index in [0.29, 0.717) is 0 Å². The third-order valence-electron chi connectivity index (χ3n) is 1.71. The third kappa shape index (κ3) is 2.75. The first-order valence-corrected chi connectivity index (χ1v) is 4.12. The molecule has 0 spiro atoms. The van der Waals surface area contributed by atoms with Crippen LogP contribution >= 0.6 is 0 Å². The summed E-state index contributed by atoms with van der Waals surface area (Å²) in [5, 5.41) is 2.10. The van der Waals surface area contributed by atoms with Gasteiger partial charge in [0.2, 0.25) is 0 Å². The fourth-order valence-corrected chi connectivity index (χ4v) is 0.980. The topological polar surface area (TPSA) is 84.2 Å². The maximum absolute atomic E-state index is 13.1. The average molecular weight is 211 g/mol. The van der Waals surface area contributed by atoms with Gasteiger partial charge < -0.3 is 5.32 Å². The van der Waals surface area contributed by atoms with Crippen molar-refractivity contribution in [3.05, 3.63) is 29.6 Å². The number of carbonyl (C=O) groups excluding carboxylic acids is 2. The summed E-state index contributed by atoms with van der Waals surface area (Å²) in [6.07, 6.45) is 0. The van der Waals surface area contributed by atoms with Crippen molar-refractivity contribution in [2.24, 2.45) is 5.84 Å². The van der Waals surface area contributed by atoms with Crippen LogP contribution in [0.2, 0.25) is 0 Å². The second-order valence-corrected chi connectivity index (χ2v) is 2.91. The molecule has 0 aliphatic carbocycles. The van der Waals surface area contributed by atoms with Crippen molar-refractivity contribution in [3.63, 3.8) is 0 Å². The molecule has 0 unspecified atom stereocenters. The molecule has 0 fully saturated rings. The Labute approximate surface area is 85.4 Å². The van der Waals surface area contributed by atoms with Gasteiger partial charge in [0.05, 0.1) is 5.69 Å². The largest absolute Gasteiger partial charge is 0.323 e. The smallest absolute Gasteiger partial charge is 0.315 e. The summed E-state index contributed by atoms with van der Waals surface area (Å²) in [6, 6.07) is 4.16. The molecule has 0 atom stereocenters. The summed E-state index contributed by atoms with van der Waals surface area (Å²) in [5.74, 6) is 2.08. The predicted octanol–water partition coefficient (Wildman–Crippen LogP) is 0.0625. The van der Waals surface area contributed by atoms with E-state index in [4.69, 9.17) is 5.84 Å². The molecule has 0 saturated heterocycles. The summed E-state index contributed by atoms with van der Waals surface area (Å²) in [6.45, 7) is 1.73. The highest BCUT2D eigenvalue weighted by atomic mass is 19.1. The molecular weight excluding hydrogens is 201 g/mol. The lowest BCUT2D eigenvalue weighted by Crippen LogP contribution is -2.39. The normalized spacial score (nSPS) is 9.53. The lowest BCUT2D eigenvalue weighted by Gasteiger charge is -2.05. The van der Waals surface area contributed by atoms with E-state index in [1.54, 1.807) is 18.4 Å². The van der Waals surface area contributed by atoms with Gasteiger partial charge in [-0.15, -0.1) is 0 Å². The molecular formula is C9H10FN3O2. The number of halogens is 1. The molecule has 15 heavy (non-hydrogen) atoms. The van der Waals surface area contributed by atoms with Crippen molar-refractivity contribution in [2.45, 2.75) is 6.92 Å². The maximum Gasteiger partial charge on any atom is 0.323 e. The van der Waals surface area contributed by atoms with Gasteiger partial charge in [0, 0.05) is 0 Å². The Morgan fingerprint density at radius 1 is 1.33 bits per heavy atom. The number of aryl methyl sites for hydroxylation is 1. The van der Waals surface area contributed by atoms with E-state index in [1.807, 2.05) is 0 Å². The number of nitrogens with one attached hydrogen (secondary N) is 2. The number of rotatable bonds is 1. The highest BCUT2D eigenvalue weighted by molar-refractivity contribution is 6.39. The Morgan fingerprint density at radius 2 is 2.00 bits per heavy atom. The molecule has 0 heterocycles. The molecule has 0 saturated carbocycles. The molecule has 6 heteroatoms. The van der Waals surface area contributed by atoms with E-state index in [1.165, 1.54) is 12.1 Å². The fourth-order valence-electron chi connectivity index (χ4n) is 0.980. The molecule has 1 rings (SSSR count). The Bertz CT molecular complexity index is 406. The molecule has 0 aliphatic rings. The molecule has 1 aromatic rings. The van der Waals surface area contributed by atoms with Gasteiger partial charge >= 0.3 is 11.8 Å². The molecule has 0 radical (unpaired) electrons. The van der Waals surface area contributed by atoms with Crippen LogP contribution in [0.15, 0.2) is 18.2 Å². The monoisotopic (exact) mass is 211 g/mol. The van der Waals surface area contributed by atoms with E-state index in [0.717, 1.165) is 5.56 Å². The first-order chi connectivity index (χ1) is 7.04. The average Bonchev–Trinajstić information content (AvgIpc) is 2.22. The van der Waals surface area contributed by atoms with Crippen molar-refractivity contribution in [2.75, 3.05) is 5.32 Å². The number of benzene rings is 1. The van der Waals surface area contributed by atoms with Gasteiger partial charge in [0.1, 0.15) is 5.82 Å². The van der Waals surface area contributed by atoms with Gasteiger partial charge in [-0.3, -0.25) is 15.0 Å². The van der Waals surface area contributed by atoms with Crippen LogP contribution in [0.5, 0.6) is 0 Å². The fraction of sp³-hybridized carbons (Fsp3) is 0.111. The molecule has 0 bridgehead atoms. The quantitative estimate of drug-likeness (QED) is 0.266. The van der Waals surface area contributed by atoms with E-state index in [9.17, 15) is 14.0 Å². The molecule has 0 aromatic heterocycles. The molecule has 80 valence electrons. The van der Waals surface area contributed by atoms with Gasteiger partial charge in [-0.25, -0.2) is 10.2 Å². The number of carbonyl (C=O) groups is 2. The van der Waals surface area contributed by atoms with Crippen molar-refractivity contribution >= 4 is 17.5 Å². The Morgan fingerprint density at radius 3 is 2.60 bits per heavy atom. The predicted molar refractivity (Wildman–Crippen MR) is 52.1 cm³/mol. The van der Waals surface area contributed by atoms with Crippen LogP contribution in [0.4, 0.5) is 10.1 Å². The molecule has 5 nitrogen and oxygen atoms in total. The third-order valence-corrected chi connectivity index (χ3v) is 1.71. The first kappa shape index (κ1) is 11.1. The number of anilines is 1. The van der Waals surface area contributed by atoms with E-state index < -0.39 is 17.6 Å². The van der Waals surface area contributed by atoms with Crippen LogP contribution in [0.3, 0.4) is 0 Å². The van der Waals surface area contributed by atoms with Crippen molar-refractivity contribution in [3.8, 4) is 0 Å². The summed E-state index contributed by atoms with van der Waals surface area (Å²) >= 11 is 0. The number of hydrogen-bond donors (Lipinski definition) is 3. The van der Waals surface area contributed by atoms with Gasteiger partial charge in [-0.05, 0) is 24.6 Å². The molecule has 1 aromatic carbocycles. The zero-order chi connectivity index (χ0) is 11.4. The minimum atomic E-state index is -1.03. The van der Waals surface area contributed by atoms with Crippen LogP contribution in [0.1, 0.15) is 5.56 Å². The first-order valence-electron chi connectivity index (χ1n) is 4.12. The van der Waals surface area contributed by atoms with Gasteiger partial charge in [0.25, 0.3) is 0 Å². The summed E-state index contributed by atoms with van der Waals surface area (Å²) in [7, 11) is 0. The van der Waals surface area contributed by atoms with Gasteiger partial charge in [0.15, 0.2) is 0 Å². The molecule has 2 amide bonds. The highest BCUT2D eigenvalue weighted by Crippen LogP contribution is 2.15. The Balaban J connectivity index is 2.85. The van der Waals surface area contributed by atoms with Crippen LogP contribution in [0, 0.1) is 12.7 Å². The maximum atomic E-state index is 13.1. The zero-order valence-corrected chi connectivity index (χ0v) is 8.00. The lowest BCUT2D eigenvalue weighted by atomic mass is 10.2. The van der Waals surface area contributed by atoms with Gasteiger partial charge in [-0.2, -0.15) is 0 Å². The van der Waals surface area contributed by atoms with Crippen LogP contribution in [-0.4, -0.2) is 11.8 Å². The number of nitrogens with two attached hydrogens (primary N) is 1. The Hall–Kier alpha value is -1.95. The minimum Gasteiger partial charge on any atom is -0.315 e. The standard InChI is InChI=1S/C9H10FN3O2/c1-5-2-3-6(10)7(4-5)12-8(14)9(15)13-11/h2-4H,11H2,1H3,(H,12,14)(H,13,15). The second-order valence-electron chi connectivity index (χ2n) is 2.91. The van der Waals surface area contributed by atoms with Crippen molar-refractivity contribution < 1.29 is 14.0 Å². The Kier molecular flexibility index (Phi) is 3.35. The molecule has 0 aliphatic heterocycles. The van der Waals surface area contributed by atoms with E-state index >= 15 is 0 Å². The van der Waals surface area contributed by atoms with Gasteiger partial charge in [-0.1, -0.05) is 6.07 Å².